The Bertz CT molecular complexity index is 969. The normalized spacial score (nSPS) is 13.6. The van der Waals surface area contributed by atoms with Gasteiger partial charge in [-0.1, -0.05) is 11.8 Å². The summed E-state index contributed by atoms with van der Waals surface area (Å²) < 4.78 is 13.0. The van der Waals surface area contributed by atoms with Gasteiger partial charge < -0.3 is 5.32 Å². The molecule has 1 amide bonds. The maximum atomic E-state index is 13.0. The molecule has 1 aromatic carbocycles. The Kier molecular flexibility index (Phi) is 4.91. The van der Waals surface area contributed by atoms with Crippen LogP contribution in [0.4, 0.5) is 10.1 Å². The smallest absolute Gasteiger partial charge is 0.234 e. The van der Waals surface area contributed by atoms with Crippen LogP contribution in [-0.2, 0) is 17.6 Å². The van der Waals surface area contributed by atoms with Crippen LogP contribution in [0.25, 0.3) is 10.2 Å². The van der Waals surface area contributed by atoms with Gasteiger partial charge in [0.05, 0.1) is 5.75 Å². The number of carbonyl (C=O) groups is 1. The molecule has 7 heteroatoms. The molecule has 0 unspecified atom stereocenters. The predicted octanol–water partition coefficient (Wildman–Crippen LogP) is 4.75. The molecule has 1 N–H and O–H groups in total. The monoisotopic (exact) mass is 387 g/mol. The van der Waals surface area contributed by atoms with Crippen LogP contribution < -0.4 is 5.32 Å². The first-order chi connectivity index (χ1) is 12.6. The van der Waals surface area contributed by atoms with E-state index in [2.05, 4.69) is 15.3 Å². The van der Waals surface area contributed by atoms with Crippen LogP contribution in [-0.4, -0.2) is 21.6 Å². The van der Waals surface area contributed by atoms with Crippen molar-refractivity contribution < 1.29 is 9.18 Å². The minimum absolute atomic E-state index is 0.130. The minimum atomic E-state index is -0.321. The summed E-state index contributed by atoms with van der Waals surface area (Å²) in [6, 6.07) is 5.77. The quantitative estimate of drug-likeness (QED) is 0.519. The molecule has 0 atom stereocenters. The summed E-state index contributed by atoms with van der Waals surface area (Å²) in [6.07, 6.45) is 4.61. The third-order valence-electron chi connectivity index (χ3n) is 4.36. The standard InChI is InChI=1S/C19H18FN3OS2/c1-11-21-18(17-14-4-2-3-5-15(14)26-19(17)22-11)25-10-16(24)23-13-8-6-12(20)7-9-13/h6-9H,2-5,10H2,1H3,(H,23,24). The first kappa shape index (κ1) is 17.4. The number of nitrogens with zero attached hydrogens (tertiary/aromatic N) is 2. The lowest BCUT2D eigenvalue weighted by atomic mass is 9.97. The zero-order valence-corrected chi connectivity index (χ0v) is 16.0. The molecule has 0 saturated carbocycles. The highest BCUT2D eigenvalue weighted by Gasteiger charge is 2.21. The average Bonchev–Trinajstić information content (AvgIpc) is 2.99. The number of aryl methyl sites for hydroxylation is 3. The lowest BCUT2D eigenvalue weighted by molar-refractivity contribution is -0.113. The summed E-state index contributed by atoms with van der Waals surface area (Å²) in [6.45, 7) is 1.89. The van der Waals surface area contributed by atoms with Crippen molar-refractivity contribution in [3.63, 3.8) is 0 Å². The summed E-state index contributed by atoms with van der Waals surface area (Å²) in [5, 5.41) is 4.82. The molecule has 0 aliphatic heterocycles. The first-order valence-corrected chi connectivity index (χ1v) is 10.4. The van der Waals surface area contributed by atoms with Gasteiger partial charge in [-0.05, 0) is 62.4 Å². The fraction of sp³-hybridized carbons (Fsp3) is 0.316. The van der Waals surface area contributed by atoms with Gasteiger partial charge in [-0.15, -0.1) is 11.3 Å². The van der Waals surface area contributed by atoms with Gasteiger partial charge in [-0.2, -0.15) is 0 Å². The van der Waals surface area contributed by atoms with Gasteiger partial charge in [0.25, 0.3) is 0 Å². The summed E-state index contributed by atoms with van der Waals surface area (Å²) in [7, 11) is 0. The molecule has 134 valence electrons. The topological polar surface area (TPSA) is 54.9 Å². The summed E-state index contributed by atoms with van der Waals surface area (Å²) in [5.74, 6) is 0.541. The second kappa shape index (κ2) is 7.32. The van der Waals surface area contributed by atoms with E-state index in [9.17, 15) is 9.18 Å². The van der Waals surface area contributed by atoms with E-state index in [-0.39, 0.29) is 17.5 Å². The highest BCUT2D eigenvalue weighted by Crippen LogP contribution is 2.39. The van der Waals surface area contributed by atoms with E-state index in [1.165, 1.54) is 47.2 Å². The molecule has 2 heterocycles. The van der Waals surface area contributed by atoms with Crippen molar-refractivity contribution in [1.82, 2.24) is 9.97 Å². The molecular weight excluding hydrogens is 369 g/mol. The van der Waals surface area contributed by atoms with Gasteiger partial charge in [0.2, 0.25) is 5.91 Å². The van der Waals surface area contributed by atoms with Crippen molar-refractivity contribution in [2.75, 3.05) is 11.1 Å². The number of hydrogen-bond acceptors (Lipinski definition) is 5. The van der Waals surface area contributed by atoms with Crippen molar-refractivity contribution in [3.8, 4) is 0 Å². The van der Waals surface area contributed by atoms with E-state index in [4.69, 9.17) is 0 Å². The number of hydrogen-bond donors (Lipinski definition) is 1. The maximum absolute atomic E-state index is 13.0. The molecule has 4 nitrogen and oxygen atoms in total. The van der Waals surface area contributed by atoms with E-state index >= 15 is 0 Å². The molecule has 0 bridgehead atoms. The number of thiophene rings is 1. The molecule has 1 aliphatic rings. The van der Waals surface area contributed by atoms with Crippen molar-refractivity contribution >= 4 is 44.9 Å². The van der Waals surface area contributed by atoms with Crippen LogP contribution in [0.3, 0.4) is 0 Å². The molecule has 0 saturated heterocycles. The third kappa shape index (κ3) is 3.59. The molecule has 4 rings (SSSR count). The highest BCUT2D eigenvalue weighted by molar-refractivity contribution is 8.00. The van der Waals surface area contributed by atoms with Gasteiger partial charge in [-0.3, -0.25) is 4.79 Å². The maximum Gasteiger partial charge on any atom is 0.234 e. The lowest BCUT2D eigenvalue weighted by Crippen LogP contribution is -2.14. The number of amides is 1. The van der Waals surface area contributed by atoms with Crippen LogP contribution in [0.5, 0.6) is 0 Å². The molecule has 0 spiro atoms. The Hall–Kier alpha value is -1.99. The second-order valence-corrected chi connectivity index (χ2v) is 8.36. The van der Waals surface area contributed by atoms with Crippen LogP contribution in [0.1, 0.15) is 29.1 Å². The minimum Gasteiger partial charge on any atom is -0.325 e. The fourth-order valence-corrected chi connectivity index (χ4v) is 5.47. The average molecular weight is 388 g/mol. The Morgan fingerprint density at radius 2 is 2.00 bits per heavy atom. The van der Waals surface area contributed by atoms with Gasteiger partial charge in [-0.25, -0.2) is 14.4 Å². The SMILES string of the molecule is Cc1nc(SCC(=O)Nc2ccc(F)cc2)c2c3c(sc2n1)CCCC3. The third-order valence-corrected chi connectivity index (χ3v) is 6.52. The number of benzene rings is 1. The number of thioether (sulfide) groups is 1. The Morgan fingerprint density at radius 1 is 1.23 bits per heavy atom. The van der Waals surface area contributed by atoms with Gasteiger partial charge in [0.1, 0.15) is 21.5 Å². The summed E-state index contributed by atoms with van der Waals surface area (Å²) >= 11 is 3.21. The Balaban J connectivity index is 1.54. The van der Waals surface area contributed by atoms with Crippen LogP contribution >= 0.6 is 23.1 Å². The van der Waals surface area contributed by atoms with Gasteiger partial charge in [0, 0.05) is 16.0 Å². The number of rotatable bonds is 4. The Labute approximate surface area is 159 Å². The first-order valence-electron chi connectivity index (χ1n) is 8.57. The van der Waals surface area contributed by atoms with E-state index in [0.717, 1.165) is 33.9 Å². The number of anilines is 1. The molecule has 0 fully saturated rings. The summed E-state index contributed by atoms with van der Waals surface area (Å²) in [4.78, 5) is 23.9. The molecule has 2 aromatic heterocycles. The number of halogens is 1. The van der Waals surface area contributed by atoms with E-state index in [1.807, 2.05) is 6.92 Å². The van der Waals surface area contributed by atoms with E-state index in [0.29, 0.717) is 5.69 Å². The van der Waals surface area contributed by atoms with Crippen LogP contribution in [0.15, 0.2) is 29.3 Å². The largest absolute Gasteiger partial charge is 0.325 e. The molecule has 0 radical (unpaired) electrons. The molecule has 26 heavy (non-hydrogen) atoms. The van der Waals surface area contributed by atoms with Crippen LogP contribution in [0, 0.1) is 12.7 Å². The molecule has 3 aromatic rings. The van der Waals surface area contributed by atoms with Crippen molar-refractivity contribution in [1.29, 1.82) is 0 Å². The lowest BCUT2D eigenvalue weighted by Gasteiger charge is -2.12. The zero-order valence-electron chi connectivity index (χ0n) is 14.3. The van der Waals surface area contributed by atoms with Crippen LogP contribution in [0.2, 0.25) is 0 Å². The zero-order chi connectivity index (χ0) is 18.1. The van der Waals surface area contributed by atoms with Crippen molar-refractivity contribution in [2.45, 2.75) is 37.6 Å². The number of aromatic nitrogens is 2. The fourth-order valence-electron chi connectivity index (χ4n) is 3.19. The number of nitrogens with one attached hydrogen (secondary N) is 1. The molecule has 1 aliphatic carbocycles. The molecular formula is C19H18FN3OS2. The van der Waals surface area contributed by atoms with Crippen molar-refractivity contribution in [2.24, 2.45) is 0 Å². The van der Waals surface area contributed by atoms with Crippen molar-refractivity contribution in [3.05, 3.63) is 46.3 Å². The predicted molar refractivity (Wildman–Crippen MR) is 105 cm³/mol. The second-order valence-electron chi connectivity index (χ2n) is 6.31. The summed E-state index contributed by atoms with van der Waals surface area (Å²) in [5.41, 5.74) is 1.96. The Morgan fingerprint density at radius 3 is 2.81 bits per heavy atom. The number of fused-ring (bicyclic) bond motifs is 3. The van der Waals surface area contributed by atoms with Gasteiger partial charge in [0.15, 0.2) is 0 Å². The number of carbonyl (C=O) groups excluding carboxylic acids is 1. The van der Waals surface area contributed by atoms with Gasteiger partial charge >= 0.3 is 0 Å². The van der Waals surface area contributed by atoms with E-state index in [1.54, 1.807) is 23.5 Å². The highest BCUT2D eigenvalue weighted by atomic mass is 32.2. The van der Waals surface area contributed by atoms with E-state index < -0.39 is 0 Å².